The summed E-state index contributed by atoms with van der Waals surface area (Å²) < 4.78 is 0.929. The molecule has 28 heavy (non-hydrogen) atoms. The van der Waals surface area contributed by atoms with Gasteiger partial charge in [-0.25, -0.2) is 0 Å². The first-order chi connectivity index (χ1) is 13.7. The second kappa shape index (κ2) is 8.68. The van der Waals surface area contributed by atoms with Crippen LogP contribution in [0.3, 0.4) is 0 Å². The fourth-order valence-corrected chi connectivity index (χ4v) is 3.97. The van der Waals surface area contributed by atoms with Gasteiger partial charge < -0.3 is 10.2 Å². The predicted octanol–water partition coefficient (Wildman–Crippen LogP) is 4.99. The smallest absolute Gasteiger partial charge is 0.256 e. The van der Waals surface area contributed by atoms with Gasteiger partial charge in [-0.3, -0.25) is 4.79 Å². The maximum atomic E-state index is 12.4. The molecule has 0 unspecified atom stereocenters. The molecule has 4 rings (SSSR count). The van der Waals surface area contributed by atoms with E-state index in [-0.39, 0.29) is 5.91 Å². The van der Waals surface area contributed by atoms with Crippen LogP contribution in [0.2, 0.25) is 0 Å². The Bertz CT molecular complexity index is 951. The van der Waals surface area contributed by atoms with E-state index in [1.165, 1.54) is 19.3 Å². The Kier molecular flexibility index (Phi) is 5.85. The minimum absolute atomic E-state index is 0.108. The largest absolute Gasteiger partial charge is 0.355 e. The summed E-state index contributed by atoms with van der Waals surface area (Å²) in [7, 11) is 0. The molecule has 1 N–H and O–H groups in total. The Labute approximate surface area is 178 Å². The normalized spacial score (nSPS) is 14.0. The summed E-state index contributed by atoms with van der Waals surface area (Å²) in [6.45, 7) is 2.12. The molecule has 1 saturated heterocycles. The number of rotatable bonds is 4. The van der Waals surface area contributed by atoms with Crippen LogP contribution in [0.15, 0.2) is 60.7 Å². The van der Waals surface area contributed by atoms with E-state index in [0.717, 1.165) is 39.4 Å². The van der Waals surface area contributed by atoms with Crippen molar-refractivity contribution in [1.82, 2.24) is 10.2 Å². The number of benzene rings is 2. The van der Waals surface area contributed by atoms with E-state index in [0.29, 0.717) is 5.56 Å². The molecule has 1 aromatic heterocycles. The van der Waals surface area contributed by atoms with Crippen LogP contribution >= 0.6 is 22.6 Å². The summed E-state index contributed by atoms with van der Waals surface area (Å²) >= 11 is 2.17. The Morgan fingerprint density at radius 3 is 2.32 bits per heavy atom. The number of anilines is 2. The molecular weight excluding hydrogens is 463 g/mol. The molecule has 6 heteroatoms. The van der Waals surface area contributed by atoms with Gasteiger partial charge in [0.2, 0.25) is 0 Å². The lowest BCUT2D eigenvalue weighted by Gasteiger charge is -2.27. The van der Waals surface area contributed by atoms with Gasteiger partial charge in [0.15, 0.2) is 5.82 Å². The van der Waals surface area contributed by atoms with Crippen LogP contribution in [-0.2, 0) is 0 Å². The lowest BCUT2D eigenvalue weighted by molar-refractivity contribution is 0.102. The molecule has 0 saturated carbocycles. The van der Waals surface area contributed by atoms with Gasteiger partial charge in [0.05, 0.1) is 11.3 Å². The highest BCUT2D eigenvalue weighted by molar-refractivity contribution is 14.1. The van der Waals surface area contributed by atoms with Gasteiger partial charge >= 0.3 is 0 Å². The molecule has 142 valence electrons. The molecule has 1 amide bonds. The van der Waals surface area contributed by atoms with Crippen LogP contribution in [0, 0.1) is 3.57 Å². The summed E-state index contributed by atoms with van der Waals surface area (Å²) in [6, 6.07) is 19.3. The first-order valence-corrected chi connectivity index (χ1v) is 10.5. The molecule has 1 aliphatic heterocycles. The van der Waals surface area contributed by atoms with Crippen molar-refractivity contribution < 1.29 is 4.79 Å². The summed E-state index contributed by atoms with van der Waals surface area (Å²) in [5, 5.41) is 11.7. The third-order valence-corrected chi connectivity index (χ3v) is 5.83. The van der Waals surface area contributed by atoms with Gasteiger partial charge in [0.1, 0.15) is 0 Å². The fourth-order valence-electron chi connectivity index (χ4n) is 3.34. The Morgan fingerprint density at radius 1 is 0.893 bits per heavy atom. The lowest BCUT2D eigenvalue weighted by Crippen LogP contribution is -2.30. The maximum Gasteiger partial charge on any atom is 0.256 e. The van der Waals surface area contributed by atoms with Crippen molar-refractivity contribution in [1.29, 1.82) is 0 Å². The highest BCUT2D eigenvalue weighted by atomic mass is 127. The minimum atomic E-state index is -0.108. The quantitative estimate of drug-likeness (QED) is 0.531. The average Bonchev–Trinajstić information content (AvgIpc) is 2.75. The zero-order valence-electron chi connectivity index (χ0n) is 15.4. The third-order valence-electron chi connectivity index (χ3n) is 4.89. The number of halogens is 1. The first kappa shape index (κ1) is 18.9. The summed E-state index contributed by atoms with van der Waals surface area (Å²) in [6.07, 6.45) is 3.74. The van der Waals surface area contributed by atoms with Crippen molar-refractivity contribution >= 4 is 40.0 Å². The van der Waals surface area contributed by atoms with Crippen molar-refractivity contribution in [3.05, 3.63) is 69.8 Å². The van der Waals surface area contributed by atoms with Gasteiger partial charge in [0, 0.05) is 27.9 Å². The van der Waals surface area contributed by atoms with Crippen LogP contribution in [0.1, 0.15) is 29.6 Å². The van der Waals surface area contributed by atoms with E-state index in [1.807, 2.05) is 60.7 Å². The van der Waals surface area contributed by atoms with Crippen molar-refractivity contribution in [3.63, 3.8) is 0 Å². The molecule has 3 aromatic rings. The number of carbonyl (C=O) groups is 1. The number of hydrogen-bond donors (Lipinski definition) is 1. The van der Waals surface area contributed by atoms with Gasteiger partial charge in [-0.2, -0.15) is 0 Å². The third kappa shape index (κ3) is 4.32. The second-order valence-corrected chi connectivity index (χ2v) is 8.00. The van der Waals surface area contributed by atoms with Crippen LogP contribution in [-0.4, -0.2) is 29.2 Å². The SMILES string of the molecule is O=C(Nc1ccc(-c2ccc(N3CCCCC3)nn2)cc1)c1ccccc1I. The molecular formula is C22H21IN4O. The van der Waals surface area contributed by atoms with Gasteiger partial charge in [-0.1, -0.05) is 24.3 Å². The number of hydrogen-bond acceptors (Lipinski definition) is 4. The summed E-state index contributed by atoms with van der Waals surface area (Å²) in [5.41, 5.74) is 3.24. The number of amides is 1. The zero-order valence-corrected chi connectivity index (χ0v) is 17.6. The van der Waals surface area contributed by atoms with E-state index in [2.05, 4.69) is 43.0 Å². The highest BCUT2D eigenvalue weighted by Gasteiger charge is 2.13. The minimum Gasteiger partial charge on any atom is -0.355 e. The van der Waals surface area contributed by atoms with Gasteiger partial charge in [-0.05, 0) is 78.3 Å². The standard InChI is InChI=1S/C22H21IN4O/c23-19-7-3-2-6-18(19)22(28)24-17-10-8-16(9-11-17)20-12-13-21(26-25-20)27-14-4-1-5-15-27/h2-3,6-13H,1,4-5,14-15H2,(H,24,28). The Morgan fingerprint density at radius 2 is 1.64 bits per heavy atom. The fraction of sp³-hybridized carbons (Fsp3) is 0.227. The number of nitrogens with zero attached hydrogens (tertiary/aromatic N) is 3. The van der Waals surface area contributed by atoms with E-state index in [4.69, 9.17) is 0 Å². The zero-order chi connectivity index (χ0) is 19.3. The Hall–Kier alpha value is -2.48. The van der Waals surface area contributed by atoms with E-state index in [9.17, 15) is 4.79 Å². The predicted molar refractivity (Wildman–Crippen MR) is 121 cm³/mol. The molecule has 0 spiro atoms. The molecule has 2 aromatic carbocycles. The van der Waals surface area contributed by atoms with Crippen molar-refractivity contribution in [3.8, 4) is 11.3 Å². The van der Waals surface area contributed by atoms with Crippen LogP contribution in [0.5, 0.6) is 0 Å². The van der Waals surface area contributed by atoms with Crippen molar-refractivity contribution in [2.24, 2.45) is 0 Å². The molecule has 5 nitrogen and oxygen atoms in total. The monoisotopic (exact) mass is 484 g/mol. The molecule has 0 aliphatic carbocycles. The van der Waals surface area contributed by atoms with E-state index >= 15 is 0 Å². The molecule has 1 fully saturated rings. The number of piperidine rings is 1. The molecule has 0 atom stereocenters. The van der Waals surface area contributed by atoms with Gasteiger partial charge in [0.25, 0.3) is 5.91 Å². The highest BCUT2D eigenvalue weighted by Crippen LogP contribution is 2.23. The topological polar surface area (TPSA) is 58.1 Å². The summed E-state index contributed by atoms with van der Waals surface area (Å²) in [5.74, 6) is 0.841. The lowest BCUT2D eigenvalue weighted by atomic mass is 10.1. The molecule has 0 bridgehead atoms. The Balaban J connectivity index is 1.44. The average molecular weight is 484 g/mol. The van der Waals surface area contributed by atoms with Crippen molar-refractivity contribution in [2.45, 2.75) is 19.3 Å². The molecule has 1 aliphatic rings. The van der Waals surface area contributed by atoms with Crippen LogP contribution in [0.25, 0.3) is 11.3 Å². The van der Waals surface area contributed by atoms with Crippen LogP contribution < -0.4 is 10.2 Å². The maximum absolute atomic E-state index is 12.4. The molecule has 2 heterocycles. The van der Waals surface area contributed by atoms with E-state index < -0.39 is 0 Å². The van der Waals surface area contributed by atoms with E-state index in [1.54, 1.807) is 0 Å². The molecule has 0 radical (unpaired) electrons. The number of aromatic nitrogens is 2. The number of nitrogens with one attached hydrogen (secondary N) is 1. The van der Waals surface area contributed by atoms with Crippen LogP contribution in [0.4, 0.5) is 11.5 Å². The summed E-state index contributed by atoms with van der Waals surface area (Å²) in [4.78, 5) is 14.7. The van der Waals surface area contributed by atoms with Crippen molar-refractivity contribution in [2.75, 3.05) is 23.3 Å². The second-order valence-electron chi connectivity index (χ2n) is 6.84. The number of carbonyl (C=O) groups excluding carboxylic acids is 1. The first-order valence-electron chi connectivity index (χ1n) is 9.46. The van der Waals surface area contributed by atoms with Gasteiger partial charge in [-0.15, -0.1) is 10.2 Å².